The van der Waals surface area contributed by atoms with Gasteiger partial charge in [-0.1, -0.05) is 6.92 Å². The van der Waals surface area contributed by atoms with Crippen LogP contribution in [0.1, 0.15) is 24.3 Å². The molecular formula is C13H17N3O3. The summed E-state index contributed by atoms with van der Waals surface area (Å²) in [4.78, 5) is 12.0. The van der Waals surface area contributed by atoms with Crippen LogP contribution in [-0.2, 0) is 0 Å². The summed E-state index contributed by atoms with van der Waals surface area (Å²) in [5, 5.41) is 18.5. The predicted molar refractivity (Wildman–Crippen MR) is 69.5 cm³/mol. The standard InChI is InChI=1S/C13H17N3O3/c1-8(7-17)9(2)14-13(18)11-6-10(15-16-11)12-4-3-5-19-12/h3-6,8-9,17H,7H2,1-2H3,(H,14,18)(H,15,16). The van der Waals surface area contributed by atoms with E-state index in [4.69, 9.17) is 9.52 Å². The van der Waals surface area contributed by atoms with Gasteiger partial charge in [-0.3, -0.25) is 9.89 Å². The Bertz CT molecular complexity index is 533. The number of nitrogens with one attached hydrogen (secondary N) is 2. The number of carbonyl (C=O) groups excluding carboxylic acids is 1. The van der Waals surface area contributed by atoms with E-state index in [1.165, 1.54) is 0 Å². The summed E-state index contributed by atoms with van der Waals surface area (Å²) >= 11 is 0. The number of rotatable bonds is 5. The van der Waals surface area contributed by atoms with Crippen molar-refractivity contribution >= 4 is 5.91 Å². The van der Waals surface area contributed by atoms with Gasteiger partial charge in [-0.15, -0.1) is 0 Å². The number of aromatic nitrogens is 2. The summed E-state index contributed by atoms with van der Waals surface area (Å²) in [6.45, 7) is 3.74. The van der Waals surface area contributed by atoms with Gasteiger partial charge < -0.3 is 14.8 Å². The second-order valence-corrected chi connectivity index (χ2v) is 4.57. The van der Waals surface area contributed by atoms with Crippen molar-refractivity contribution < 1.29 is 14.3 Å². The van der Waals surface area contributed by atoms with E-state index in [9.17, 15) is 4.79 Å². The first-order valence-electron chi connectivity index (χ1n) is 6.13. The van der Waals surface area contributed by atoms with E-state index in [1.54, 1.807) is 24.5 Å². The maximum absolute atomic E-state index is 12.0. The van der Waals surface area contributed by atoms with Crippen LogP contribution in [0.15, 0.2) is 28.9 Å². The van der Waals surface area contributed by atoms with Crippen molar-refractivity contribution in [1.29, 1.82) is 0 Å². The van der Waals surface area contributed by atoms with E-state index in [0.717, 1.165) is 0 Å². The number of aliphatic hydroxyl groups is 1. The highest BCUT2D eigenvalue weighted by Gasteiger charge is 2.17. The molecular weight excluding hydrogens is 246 g/mol. The summed E-state index contributed by atoms with van der Waals surface area (Å²) < 4.78 is 5.21. The lowest BCUT2D eigenvalue weighted by Crippen LogP contribution is -2.38. The van der Waals surface area contributed by atoms with Crippen molar-refractivity contribution in [1.82, 2.24) is 15.5 Å². The third kappa shape index (κ3) is 3.03. The fraction of sp³-hybridized carbons (Fsp3) is 0.385. The molecule has 0 aromatic carbocycles. The molecule has 6 heteroatoms. The van der Waals surface area contributed by atoms with Crippen molar-refractivity contribution in [3.05, 3.63) is 30.2 Å². The third-order valence-corrected chi connectivity index (χ3v) is 3.10. The Morgan fingerprint density at radius 3 is 3.00 bits per heavy atom. The minimum atomic E-state index is -0.276. The number of carbonyl (C=O) groups is 1. The highest BCUT2D eigenvalue weighted by Crippen LogP contribution is 2.17. The lowest BCUT2D eigenvalue weighted by Gasteiger charge is -2.18. The van der Waals surface area contributed by atoms with Crippen molar-refractivity contribution in [2.45, 2.75) is 19.9 Å². The molecule has 3 N–H and O–H groups in total. The fourth-order valence-electron chi connectivity index (χ4n) is 1.58. The largest absolute Gasteiger partial charge is 0.463 e. The maximum Gasteiger partial charge on any atom is 0.272 e. The number of nitrogens with zero attached hydrogens (tertiary/aromatic N) is 1. The van der Waals surface area contributed by atoms with Crippen molar-refractivity contribution in [2.75, 3.05) is 6.61 Å². The number of furan rings is 1. The number of amides is 1. The first kappa shape index (κ1) is 13.4. The van der Waals surface area contributed by atoms with Gasteiger partial charge in [0.1, 0.15) is 5.69 Å². The molecule has 6 nitrogen and oxygen atoms in total. The monoisotopic (exact) mass is 263 g/mol. The molecule has 2 atom stereocenters. The number of aliphatic hydroxyl groups excluding tert-OH is 1. The summed E-state index contributed by atoms with van der Waals surface area (Å²) in [7, 11) is 0. The van der Waals surface area contributed by atoms with Gasteiger partial charge >= 0.3 is 0 Å². The van der Waals surface area contributed by atoms with Crippen molar-refractivity contribution in [3.63, 3.8) is 0 Å². The van der Waals surface area contributed by atoms with Crippen LogP contribution >= 0.6 is 0 Å². The molecule has 0 bridgehead atoms. The van der Waals surface area contributed by atoms with E-state index in [0.29, 0.717) is 17.1 Å². The van der Waals surface area contributed by atoms with Gasteiger partial charge in [0.25, 0.3) is 5.91 Å². The molecule has 102 valence electrons. The van der Waals surface area contributed by atoms with E-state index in [2.05, 4.69) is 15.5 Å². The van der Waals surface area contributed by atoms with Gasteiger partial charge in [-0.2, -0.15) is 5.10 Å². The second-order valence-electron chi connectivity index (χ2n) is 4.57. The Labute approximate surface area is 110 Å². The molecule has 0 aliphatic heterocycles. The molecule has 0 saturated carbocycles. The van der Waals surface area contributed by atoms with Gasteiger partial charge in [0.2, 0.25) is 0 Å². The molecule has 0 radical (unpaired) electrons. The van der Waals surface area contributed by atoms with Crippen LogP contribution < -0.4 is 5.32 Å². The highest BCUT2D eigenvalue weighted by atomic mass is 16.3. The molecule has 2 aromatic heterocycles. The fourth-order valence-corrected chi connectivity index (χ4v) is 1.58. The normalized spacial score (nSPS) is 14.1. The topological polar surface area (TPSA) is 91.1 Å². The molecule has 0 fully saturated rings. The second kappa shape index (κ2) is 5.71. The van der Waals surface area contributed by atoms with E-state index in [1.807, 2.05) is 13.8 Å². The maximum atomic E-state index is 12.0. The Balaban J connectivity index is 2.04. The van der Waals surface area contributed by atoms with Gasteiger partial charge in [-0.05, 0) is 25.0 Å². The Hall–Kier alpha value is -2.08. The van der Waals surface area contributed by atoms with Crippen LogP contribution in [0.25, 0.3) is 11.5 Å². The Morgan fingerprint density at radius 2 is 2.37 bits per heavy atom. The van der Waals surface area contributed by atoms with Crippen LogP contribution in [0.2, 0.25) is 0 Å². The number of hydrogen-bond acceptors (Lipinski definition) is 4. The zero-order valence-electron chi connectivity index (χ0n) is 10.9. The molecule has 0 saturated heterocycles. The van der Waals surface area contributed by atoms with Crippen LogP contribution in [0.4, 0.5) is 0 Å². The summed E-state index contributed by atoms with van der Waals surface area (Å²) in [5.74, 6) is 0.345. The number of H-pyrrole nitrogens is 1. The molecule has 0 aliphatic rings. The average molecular weight is 263 g/mol. The molecule has 0 spiro atoms. The molecule has 2 aromatic rings. The highest BCUT2D eigenvalue weighted by molar-refractivity contribution is 5.93. The molecule has 0 aliphatic carbocycles. The molecule has 2 unspecified atom stereocenters. The quantitative estimate of drug-likeness (QED) is 0.760. The number of aromatic amines is 1. The van der Waals surface area contributed by atoms with Gasteiger partial charge in [0.15, 0.2) is 11.5 Å². The van der Waals surface area contributed by atoms with Crippen molar-refractivity contribution in [3.8, 4) is 11.5 Å². The zero-order chi connectivity index (χ0) is 13.8. The Morgan fingerprint density at radius 1 is 1.58 bits per heavy atom. The third-order valence-electron chi connectivity index (χ3n) is 3.10. The predicted octanol–water partition coefficient (Wildman–Crippen LogP) is 1.42. The van der Waals surface area contributed by atoms with Crippen LogP contribution in [0.3, 0.4) is 0 Å². The van der Waals surface area contributed by atoms with Crippen LogP contribution in [0.5, 0.6) is 0 Å². The van der Waals surface area contributed by atoms with Crippen LogP contribution in [-0.4, -0.2) is 33.9 Å². The molecule has 2 rings (SSSR count). The lowest BCUT2D eigenvalue weighted by molar-refractivity contribution is 0.0911. The number of hydrogen-bond donors (Lipinski definition) is 3. The van der Waals surface area contributed by atoms with Gasteiger partial charge in [0, 0.05) is 18.7 Å². The first-order valence-corrected chi connectivity index (χ1v) is 6.13. The molecule has 19 heavy (non-hydrogen) atoms. The molecule has 2 heterocycles. The minimum Gasteiger partial charge on any atom is -0.463 e. The summed E-state index contributed by atoms with van der Waals surface area (Å²) in [5.41, 5.74) is 0.946. The van der Waals surface area contributed by atoms with E-state index in [-0.39, 0.29) is 24.5 Å². The smallest absolute Gasteiger partial charge is 0.272 e. The van der Waals surface area contributed by atoms with Crippen LogP contribution in [0, 0.1) is 5.92 Å². The first-order chi connectivity index (χ1) is 9.11. The van der Waals surface area contributed by atoms with E-state index >= 15 is 0 Å². The summed E-state index contributed by atoms with van der Waals surface area (Å²) in [6, 6.07) is 5.05. The lowest BCUT2D eigenvalue weighted by atomic mass is 10.1. The van der Waals surface area contributed by atoms with E-state index < -0.39 is 0 Å². The SMILES string of the molecule is CC(CO)C(C)NC(=O)c1cc(-c2ccco2)[nH]n1. The zero-order valence-corrected chi connectivity index (χ0v) is 10.9. The van der Waals surface area contributed by atoms with Gasteiger partial charge in [-0.25, -0.2) is 0 Å². The molecule has 1 amide bonds. The summed E-state index contributed by atoms with van der Waals surface area (Å²) in [6.07, 6.45) is 1.56. The Kier molecular flexibility index (Phi) is 4.01. The van der Waals surface area contributed by atoms with Crippen molar-refractivity contribution in [2.24, 2.45) is 5.92 Å². The minimum absolute atomic E-state index is 0.00700. The van der Waals surface area contributed by atoms with Gasteiger partial charge in [0.05, 0.1) is 6.26 Å². The average Bonchev–Trinajstić information content (AvgIpc) is 3.07.